The summed E-state index contributed by atoms with van der Waals surface area (Å²) in [5, 5.41) is 5.42. The molecule has 43 heavy (non-hydrogen) atoms. The van der Waals surface area contributed by atoms with Crippen LogP contribution in [0.4, 0.5) is 10.5 Å². The zero-order valence-electron chi connectivity index (χ0n) is 24.7. The topological polar surface area (TPSA) is 211 Å². The van der Waals surface area contributed by atoms with E-state index in [1.165, 1.54) is 23.3 Å². The predicted octanol–water partition coefficient (Wildman–Crippen LogP) is 1.35. The lowest BCUT2D eigenvalue weighted by Gasteiger charge is -2.32. The van der Waals surface area contributed by atoms with Gasteiger partial charge in [-0.25, -0.2) is 9.78 Å². The smallest absolute Gasteiger partial charge is 0.330 e. The van der Waals surface area contributed by atoms with Crippen molar-refractivity contribution in [3.8, 4) is 0 Å². The van der Waals surface area contributed by atoms with E-state index >= 15 is 0 Å². The molecule has 3 unspecified atom stereocenters. The van der Waals surface area contributed by atoms with Crippen molar-refractivity contribution >= 4 is 31.4 Å². The molecule has 3 amide bonds. The average Bonchev–Trinajstić information content (AvgIpc) is 3.56. The quantitative estimate of drug-likeness (QED) is 0.121. The highest BCUT2D eigenvalue weighted by Crippen LogP contribution is 2.47. The number of carbonyl (C=O) groups excluding carboxylic acids is 2. The van der Waals surface area contributed by atoms with E-state index in [9.17, 15) is 23.8 Å². The number of rotatable bonds is 13. The molecular weight excluding hydrogens is 581 g/mol. The van der Waals surface area contributed by atoms with Crippen molar-refractivity contribution in [3.05, 3.63) is 45.8 Å². The van der Waals surface area contributed by atoms with E-state index in [1.54, 1.807) is 20.1 Å². The zero-order valence-corrected chi connectivity index (χ0v) is 25.6. The van der Waals surface area contributed by atoms with Gasteiger partial charge in [0, 0.05) is 49.9 Å². The fourth-order valence-electron chi connectivity index (χ4n) is 4.67. The van der Waals surface area contributed by atoms with Gasteiger partial charge in [0.05, 0.1) is 30.2 Å². The first-order valence-electron chi connectivity index (χ1n) is 14.3. The lowest BCUT2D eigenvalue weighted by Crippen LogP contribution is -2.54. The van der Waals surface area contributed by atoms with Crippen LogP contribution < -0.4 is 21.9 Å². The molecule has 3 aliphatic rings. The average molecular weight is 622 g/mol. The fourth-order valence-corrected chi connectivity index (χ4v) is 5.33. The van der Waals surface area contributed by atoms with Gasteiger partial charge in [-0.1, -0.05) is 13.8 Å². The van der Waals surface area contributed by atoms with Crippen LogP contribution in [0, 0.1) is 0 Å². The number of urea groups is 1. The van der Waals surface area contributed by atoms with Crippen LogP contribution in [-0.2, 0) is 36.2 Å². The molecule has 6 N–H and O–H groups in total. The van der Waals surface area contributed by atoms with Crippen LogP contribution in [0.1, 0.15) is 52.1 Å². The summed E-state index contributed by atoms with van der Waals surface area (Å²) in [6, 6.07) is -0.497. The third-order valence-electron chi connectivity index (χ3n) is 7.01. The molecule has 0 aliphatic carbocycles. The molecule has 0 saturated carbocycles. The molecule has 1 fully saturated rings. The van der Waals surface area contributed by atoms with E-state index in [4.69, 9.17) is 19.7 Å². The second-order valence-electron chi connectivity index (χ2n) is 11.1. The molecule has 0 radical (unpaired) electrons. The number of aryl methyl sites for hydroxylation is 1. The summed E-state index contributed by atoms with van der Waals surface area (Å²) in [4.78, 5) is 59.9. The van der Waals surface area contributed by atoms with Gasteiger partial charge in [0.25, 0.3) is 5.56 Å². The second-order valence-corrected chi connectivity index (χ2v) is 13.5. The number of hydrogen-bond donors (Lipinski definition) is 5. The van der Waals surface area contributed by atoms with Crippen LogP contribution in [-0.4, -0.2) is 87.4 Å². The second kappa shape index (κ2) is 14.1. The number of ether oxygens (including phenoxy) is 2. The summed E-state index contributed by atoms with van der Waals surface area (Å²) in [6.45, 7) is 7.07. The summed E-state index contributed by atoms with van der Waals surface area (Å²) in [5.41, 5.74) is 6.71. The fraction of sp³-hybridized carbons (Fsp3) is 0.593. The predicted molar refractivity (Wildman–Crippen MR) is 158 cm³/mol. The lowest BCUT2D eigenvalue weighted by atomic mass is 10.1. The molecule has 1 aromatic rings. The van der Waals surface area contributed by atoms with Crippen molar-refractivity contribution < 1.29 is 33.0 Å². The number of H-pyrrole nitrogens is 1. The molecule has 0 bridgehead atoms. The van der Waals surface area contributed by atoms with E-state index in [-0.39, 0.29) is 30.6 Å². The van der Waals surface area contributed by atoms with Gasteiger partial charge in [-0.15, -0.1) is 0 Å². The Labute approximate surface area is 249 Å². The maximum Gasteiger partial charge on any atom is 0.330 e. The molecule has 3 aliphatic heterocycles. The highest BCUT2D eigenvalue weighted by atomic mass is 31.2. The van der Waals surface area contributed by atoms with Gasteiger partial charge in [-0.3, -0.25) is 24.0 Å². The van der Waals surface area contributed by atoms with Crippen molar-refractivity contribution in [1.82, 2.24) is 25.5 Å². The zero-order chi connectivity index (χ0) is 31.3. The minimum Gasteiger partial charge on any atom is -0.373 e. The number of hydrogen-bond acceptors (Lipinski definition) is 10. The number of fused-ring (bicyclic) bond motifs is 1. The Morgan fingerprint density at radius 3 is 2.84 bits per heavy atom. The monoisotopic (exact) mass is 621 g/mol. The molecule has 16 heteroatoms. The van der Waals surface area contributed by atoms with Gasteiger partial charge in [0.1, 0.15) is 30.0 Å². The molecule has 4 rings (SSSR count). The molecule has 0 aromatic carbocycles. The van der Waals surface area contributed by atoms with Gasteiger partial charge in [-0.05, 0) is 26.3 Å². The summed E-state index contributed by atoms with van der Waals surface area (Å²) in [6.07, 6.45) is 4.90. The molecule has 0 spiro atoms. The third-order valence-corrected chi connectivity index (χ3v) is 8.84. The van der Waals surface area contributed by atoms with E-state index in [0.29, 0.717) is 48.6 Å². The Kier molecular flexibility index (Phi) is 10.7. The Hall–Kier alpha value is -3.20. The summed E-state index contributed by atoms with van der Waals surface area (Å²) in [5.74, 6) is 0.182. The van der Waals surface area contributed by atoms with E-state index in [0.717, 1.165) is 0 Å². The summed E-state index contributed by atoms with van der Waals surface area (Å²) in [7, 11) is -3.84. The number of aliphatic imine (C=N–C) groups is 1. The van der Waals surface area contributed by atoms with E-state index < -0.39 is 43.9 Å². The number of amides is 3. The lowest BCUT2D eigenvalue weighted by molar-refractivity contribution is -0.116. The van der Waals surface area contributed by atoms with Gasteiger partial charge in [-0.2, -0.15) is 0 Å². The maximum atomic E-state index is 12.8. The van der Waals surface area contributed by atoms with E-state index in [1.807, 2.05) is 13.8 Å². The molecule has 236 valence electrons. The molecule has 15 nitrogen and oxygen atoms in total. The molecule has 1 aromatic heterocycles. The van der Waals surface area contributed by atoms with Crippen LogP contribution in [0.3, 0.4) is 0 Å². The number of aromatic nitrogens is 2. The summed E-state index contributed by atoms with van der Waals surface area (Å²) >= 11 is 0. The van der Waals surface area contributed by atoms with Gasteiger partial charge in [0.2, 0.25) is 5.91 Å². The first-order valence-corrected chi connectivity index (χ1v) is 15.9. The largest absolute Gasteiger partial charge is 0.373 e. The van der Waals surface area contributed by atoms with Crippen molar-refractivity contribution in [1.29, 1.82) is 0 Å². The van der Waals surface area contributed by atoms with Crippen LogP contribution in [0.25, 0.3) is 0 Å². The van der Waals surface area contributed by atoms with Crippen LogP contribution in [0.2, 0.25) is 0 Å². The molecular formula is C27H40N7O8P. The first-order chi connectivity index (χ1) is 20.3. The highest BCUT2D eigenvalue weighted by Gasteiger charge is 2.43. The molecule has 5 atom stereocenters. The first kappa shape index (κ1) is 32.7. The Bertz CT molecular complexity index is 1390. The van der Waals surface area contributed by atoms with Gasteiger partial charge < -0.3 is 40.2 Å². The SMILES string of the molecule is CC(C)OC1C[C@H](N2C=C(/C=C/C(=O)NCCCc3nc4c(c(=O)[nH]3)N=CC4)C(N)NC2=O)O[C@@H]1COP(=O)(O)C(C)C. The number of carbonyl (C=O) groups is 2. The van der Waals surface area contributed by atoms with Crippen LogP contribution in [0.15, 0.2) is 33.7 Å². The normalized spacial score (nSPS) is 24.9. The van der Waals surface area contributed by atoms with Crippen molar-refractivity contribution in [2.24, 2.45) is 10.7 Å². The molecule has 4 heterocycles. The number of nitrogens with one attached hydrogen (secondary N) is 3. The molecule has 1 saturated heterocycles. The minimum absolute atomic E-state index is 0.154. The third kappa shape index (κ3) is 8.46. The van der Waals surface area contributed by atoms with Crippen LogP contribution >= 0.6 is 7.60 Å². The van der Waals surface area contributed by atoms with Crippen molar-refractivity contribution in [2.45, 2.75) is 89.7 Å². The number of nitrogens with two attached hydrogens (primary N) is 1. The van der Waals surface area contributed by atoms with Gasteiger partial charge >= 0.3 is 13.6 Å². The maximum absolute atomic E-state index is 12.8. The summed E-state index contributed by atoms with van der Waals surface area (Å²) < 4.78 is 29.7. The number of nitrogens with zero attached hydrogens (tertiary/aromatic N) is 3. The highest BCUT2D eigenvalue weighted by molar-refractivity contribution is 7.53. The van der Waals surface area contributed by atoms with Crippen molar-refractivity contribution in [3.63, 3.8) is 0 Å². The minimum atomic E-state index is -3.84. The van der Waals surface area contributed by atoms with Crippen LogP contribution in [0.5, 0.6) is 0 Å². The van der Waals surface area contributed by atoms with E-state index in [2.05, 4.69) is 25.6 Å². The Balaban J connectivity index is 1.33. The standard InChI is InChI=1S/C27H40N7O8P/c1-15(2)41-19-12-23(42-20(19)14-40-43(38,39)16(3)4)34-13-17(25(28)33-27(34)37)7-8-22(35)29-10-5-6-21-31-18-9-11-30-24(18)26(36)32-21/h7-8,11,13,15-16,19-20,23,25H,5-6,9-10,12,14,28H2,1-4H3,(H,29,35)(H,33,37)(H,38,39)(H,31,32,36)/b8-7+/t19?,20-,23-,25?/m1/s1. The van der Waals surface area contributed by atoms with Gasteiger partial charge in [0.15, 0.2) is 0 Å². The number of aromatic amines is 1. The Morgan fingerprint density at radius 1 is 1.35 bits per heavy atom. The Morgan fingerprint density at radius 2 is 2.12 bits per heavy atom. The van der Waals surface area contributed by atoms with Crippen molar-refractivity contribution in [2.75, 3.05) is 13.2 Å².